The zero-order valence-corrected chi connectivity index (χ0v) is 8.07. The Kier molecular flexibility index (Phi) is 2.95. The van der Waals surface area contributed by atoms with Crippen molar-refractivity contribution in [3.05, 3.63) is 33.5 Å². The van der Waals surface area contributed by atoms with Gasteiger partial charge in [0.1, 0.15) is 10.0 Å². The first-order valence-corrected chi connectivity index (χ1v) is 5.06. The molecular formula is C6H4Cl2NO2S-. The predicted octanol–water partition coefficient (Wildman–Crippen LogP) is 2.56. The molecule has 1 rings (SSSR count). The van der Waals surface area contributed by atoms with Gasteiger partial charge in [0.05, 0.1) is 0 Å². The first kappa shape index (κ1) is 9.80. The fraction of sp³-hybridized carbons (Fsp3) is 0. The van der Waals surface area contributed by atoms with Crippen molar-refractivity contribution >= 4 is 33.4 Å². The molecule has 0 aliphatic rings. The first-order chi connectivity index (χ1) is 5.56. The number of benzene rings is 1. The van der Waals surface area contributed by atoms with Crippen molar-refractivity contribution in [1.82, 2.24) is 0 Å². The molecule has 12 heavy (non-hydrogen) atoms. The average molecular weight is 225 g/mol. The van der Waals surface area contributed by atoms with E-state index in [2.05, 4.69) is 4.24 Å². The lowest BCUT2D eigenvalue weighted by atomic mass is 10.4. The number of sulfonamides is 1. The van der Waals surface area contributed by atoms with Crippen LogP contribution in [0.5, 0.6) is 0 Å². The fourth-order valence-corrected chi connectivity index (χ4v) is 1.57. The highest BCUT2D eigenvalue weighted by Crippen LogP contribution is 2.20. The summed E-state index contributed by atoms with van der Waals surface area (Å²) in [4.78, 5) is 0.0295. The van der Waals surface area contributed by atoms with E-state index in [-0.39, 0.29) is 4.90 Å². The minimum absolute atomic E-state index is 0.0295. The van der Waals surface area contributed by atoms with Crippen molar-refractivity contribution in [1.29, 1.82) is 0 Å². The van der Waals surface area contributed by atoms with Crippen LogP contribution in [-0.2, 0) is 10.0 Å². The quantitative estimate of drug-likeness (QED) is 0.776. The lowest BCUT2D eigenvalue weighted by molar-refractivity contribution is 0.604. The van der Waals surface area contributed by atoms with E-state index in [0.29, 0.717) is 5.02 Å². The summed E-state index contributed by atoms with van der Waals surface area (Å²) in [6, 6.07) is 5.58. The molecule has 1 aromatic carbocycles. The van der Waals surface area contributed by atoms with E-state index < -0.39 is 10.0 Å². The van der Waals surface area contributed by atoms with Crippen molar-refractivity contribution < 1.29 is 8.42 Å². The Morgan fingerprint density at radius 1 is 1.17 bits per heavy atom. The highest BCUT2D eigenvalue weighted by atomic mass is 35.5. The third-order valence-electron chi connectivity index (χ3n) is 1.20. The van der Waals surface area contributed by atoms with Crippen molar-refractivity contribution in [2.45, 2.75) is 4.90 Å². The maximum Gasteiger partial charge on any atom is 0.112 e. The summed E-state index contributed by atoms with van der Waals surface area (Å²) in [5.74, 6) is 0. The molecule has 0 heterocycles. The summed E-state index contributed by atoms with van der Waals surface area (Å²) < 4.78 is 24.7. The van der Waals surface area contributed by atoms with E-state index in [1.165, 1.54) is 24.3 Å². The number of nitrogens with zero attached hydrogens (tertiary/aromatic N) is 1. The van der Waals surface area contributed by atoms with Gasteiger partial charge in [0.2, 0.25) is 0 Å². The zero-order valence-electron chi connectivity index (χ0n) is 5.74. The predicted molar refractivity (Wildman–Crippen MR) is 47.8 cm³/mol. The third kappa shape index (κ3) is 2.10. The van der Waals surface area contributed by atoms with Crippen LogP contribution < -0.4 is 0 Å². The van der Waals surface area contributed by atoms with Crippen molar-refractivity contribution in [3.63, 3.8) is 0 Å². The number of hydrogen-bond acceptors (Lipinski definition) is 2. The van der Waals surface area contributed by atoms with E-state index >= 15 is 0 Å². The highest BCUT2D eigenvalue weighted by molar-refractivity contribution is 7.95. The van der Waals surface area contributed by atoms with Crippen LogP contribution in [0.3, 0.4) is 0 Å². The molecule has 66 valence electrons. The van der Waals surface area contributed by atoms with Crippen LogP contribution in [0.2, 0.25) is 5.02 Å². The summed E-state index contributed by atoms with van der Waals surface area (Å²) in [6.45, 7) is 0. The van der Waals surface area contributed by atoms with Gasteiger partial charge in [-0.25, -0.2) is 8.42 Å². The molecule has 0 saturated carbocycles. The van der Waals surface area contributed by atoms with Gasteiger partial charge in [0, 0.05) is 9.92 Å². The van der Waals surface area contributed by atoms with Crippen LogP contribution in [0.25, 0.3) is 4.24 Å². The van der Waals surface area contributed by atoms with Crippen molar-refractivity contribution in [3.8, 4) is 0 Å². The monoisotopic (exact) mass is 224 g/mol. The summed E-state index contributed by atoms with van der Waals surface area (Å²) in [7, 11) is -3.68. The number of rotatable bonds is 2. The molecule has 0 aromatic heterocycles. The Bertz CT molecular complexity index is 360. The van der Waals surface area contributed by atoms with E-state index in [9.17, 15) is 8.42 Å². The molecule has 0 unspecified atom stereocenters. The molecule has 0 atom stereocenters. The van der Waals surface area contributed by atoms with Crippen LogP contribution in [0.15, 0.2) is 29.2 Å². The molecule has 0 fully saturated rings. The molecule has 0 aliphatic heterocycles. The van der Waals surface area contributed by atoms with Crippen LogP contribution in [-0.4, -0.2) is 8.42 Å². The Labute approximate surface area is 80.5 Å². The minimum Gasteiger partial charge on any atom is -0.458 e. The van der Waals surface area contributed by atoms with Gasteiger partial charge in [-0.3, -0.25) is 11.8 Å². The van der Waals surface area contributed by atoms with Gasteiger partial charge >= 0.3 is 0 Å². The second-order valence-corrected chi connectivity index (χ2v) is 4.41. The summed E-state index contributed by atoms with van der Waals surface area (Å²) in [5, 5.41) is 0.462. The van der Waals surface area contributed by atoms with Gasteiger partial charge in [-0.05, 0) is 24.3 Å². The maximum atomic E-state index is 11.0. The van der Waals surface area contributed by atoms with E-state index in [0.717, 1.165) is 0 Å². The topological polar surface area (TPSA) is 48.2 Å². The number of hydrogen-bond donors (Lipinski definition) is 0. The van der Waals surface area contributed by atoms with Crippen molar-refractivity contribution in [2.24, 2.45) is 0 Å². The maximum absolute atomic E-state index is 11.0. The Hall–Kier alpha value is -0.290. The lowest BCUT2D eigenvalue weighted by Gasteiger charge is -2.10. The molecule has 3 nitrogen and oxygen atoms in total. The second kappa shape index (κ2) is 3.62. The standard InChI is InChI=1S/C6H4Cl2NO2S/c7-5-1-3-6(4-2-5)12(10,11)9-8/h1-4H/q-1. The molecule has 0 aliphatic carbocycles. The number of halogens is 2. The van der Waals surface area contributed by atoms with Crippen LogP contribution in [0, 0.1) is 0 Å². The SMILES string of the molecule is O=S(=O)([N-]Cl)c1ccc(Cl)cc1. The van der Waals surface area contributed by atoms with Gasteiger partial charge in [-0.1, -0.05) is 11.6 Å². The van der Waals surface area contributed by atoms with Gasteiger partial charge in [0.25, 0.3) is 0 Å². The zero-order chi connectivity index (χ0) is 9.19. The van der Waals surface area contributed by atoms with Gasteiger partial charge < -0.3 is 4.24 Å². The highest BCUT2D eigenvalue weighted by Gasteiger charge is 2.01. The molecule has 1 aromatic rings. The third-order valence-corrected chi connectivity index (χ3v) is 3.05. The smallest absolute Gasteiger partial charge is 0.112 e. The van der Waals surface area contributed by atoms with E-state index in [4.69, 9.17) is 23.4 Å². The van der Waals surface area contributed by atoms with Gasteiger partial charge in [-0.15, -0.1) is 0 Å². The molecular weight excluding hydrogens is 221 g/mol. The minimum atomic E-state index is -3.68. The molecule has 0 amide bonds. The molecule has 0 saturated heterocycles. The molecule has 0 radical (unpaired) electrons. The summed E-state index contributed by atoms with van der Waals surface area (Å²) in [6.07, 6.45) is 0. The summed E-state index contributed by atoms with van der Waals surface area (Å²) >= 11 is 10.4. The molecule has 6 heteroatoms. The second-order valence-electron chi connectivity index (χ2n) is 2.00. The molecule has 0 spiro atoms. The first-order valence-electron chi connectivity index (χ1n) is 2.90. The normalized spacial score (nSPS) is 11.5. The van der Waals surface area contributed by atoms with Gasteiger partial charge in [-0.2, -0.15) is 0 Å². The van der Waals surface area contributed by atoms with Crippen LogP contribution in [0.4, 0.5) is 0 Å². The van der Waals surface area contributed by atoms with Crippen molar-refractivity contribution in [2.75, 3.05) is 0 Å². The van der Waals surface area contributed by atoms with E-state index in [1.54, 1.807) is 0 Å². The van der Waals surface area contributed by atoms with Crippen LogP contribution >= 0.6 is 23.4 Å². The van der Waals surface area contributed by atoms with Gasteiger partial charge in [0.15, 0.2) is 0 Å². The molecule has 0 bridgehead atoms. The lowest BCUT2D eigenvalue weighted by Crippen LogP contribution is -1.94. The fourth-order valence-electron chi connectivity index (χ4n) is 0.646. The molecule has 0 N–H and O–H groups in total. The Morgan fingerprint density at radius 2 is 1.67 bits per heavy atom. The summed E-state index contributed by atoms with van der Waals surface area (Å²) in [5.41, 5.74) is 0. The largest absolute Gasteiger partial charge is 0.458 e. The Balaban J connectivity index is 3.14. The Morgan fingerprint density at radius 3 is 2.08 bits per heavy atom. The average Bonchev–Trinajstić information content (AvgIpc) is 2.05. The van der Waals surface area contributed by atoms with Crippen LogP contribution in [0.1, 0.15) is 0 Å². The van der Waals surface area contributed by atoms with E-state index in [1.807, 2.05) is 0 Å².